The number of rotatable bonds is 3. The van der Waals surface area contributed by atoms with Crippen LogP contribution in [0.25, 0.3) is 10.8 Å². The zero-order valence-electron chi connectivity index (χ0n) is 11.8. The van der Waals surface area contributed by atoms with E-state index in [0.29, 0.717) is 12.8 Å². The minimum atomic E-state index is -0.676. The Kier molecular flexibility index (Phi) is 3.80. The number of aliphatic carboxylic acids is 1. The summed E-state index contributed by atoms with van der Waals surface area (Å²) in [5.74, 6) is -0.595. The fraction of sp³-hybridized carbons (Fsp3) is 0.353. The average molecular weight is 285 g/mol. The Balaban J connectivity index is 1.77. The fourth-order valence-electron chi connectivity index (χ4n) is 3.04. The normalized spacial score (nSPS) is 17.1. The summed E-state index contributed by atoms with van der Waals surface area (Å²) in [7, 11) is 0. The summed E-state index contributed by atoms with van der Waals surface area (Å²) in [6.07, 6.45) is 1.43. The fourth-order valence-corrected chi connectivity index (χ4v) is 3.04. The molecule has 4 nitrogen and oxygen atoms in total. The molecule has 2 aromatic carbocycles. The van der Waals surface area contributed by atoms with Crippen molar-refractivity contribution < 1.29 is 15.0 Å². The molecule has 2 aromatic rings. The van der Waals surface area contributed by atoms with E-state index in [2.05, 4.69) is 11.0 Å². The molecule has 0 saturated carbocycles. The van der Waals surface area contributed by atoms with Crippen molar-refractivity contribution in [3.8, 4) is 5.75 Å². The number of hydrogen-bond acceptors (Lipinski definition) is 3. The lowest BCUT2D eigenvalue weighted by atomic mass is 9.96. The lowest BCUT2D eigenvalue weighted by Crippen LogP contribution is -2.35. The molecule has 1 aliphatic heterocycles. The number of piperidine rings is 1. The number of likely N-dealkylation sites (tertiary alicyclic amines) is 1. The van der Waals surface area contributed by atoms with Gasteiger partial charge in [0.05, 0.1) is 5.92 Å². The Labute approximate surface area is 123 Å². The van der Waals surface area contributed by atoms with Crippen molar-refractivity contribution >= 4 is 16.7 Å². The number of fused-ring (bicyclic) bond motifs is 1. The van der Waals surface area contributed by atoms with Crippen LogP contribution in [0.2, 0.25) is 0 Å². The Morgan fingerprint density at radius 1 is 1.19 bits per heavy atom. The van der Waals surface area contributed by atoms with E-state index in [1.54, 1.807) is 12.1 Å². The summed E-state index contributed by atoms with van der Waals surface area (Å²) in [4.78, 5) is 13.3. The van der Waals surface area contributed by atoms with Crippen molar-refractivity contribution in [2.75, 3.05) is 13.1 Å². The highest BCUT2D eigenvalue weighted by atomic mass is 16.4. The molecule has 110 valence electrons. The number of phenols is 1. The van der Waals surface area contributed by atoms with E-state index in [4.69, 9.17) is 5.11 Å². The minimum absolute atomic E-state index is 0.196. The van der Waals surface area contributed by atoms with Gasteiger partial charge >= 0.3 is 5.97 Å². The largest absolute Gasteiger partial charge is 0.508 e. The molecule has 0 radical (unpaired) electrons. The number of benzene rings is 2. The summed E-state index contributed by atoms with van der Waals surface area (Å²) < 4.78 is 0. The first-order valence-corrected chi connectivity index (χ1v) is 7.29. The van der Waals surface area contributed by atoms with E-state index in [9.17, 15) is 9.90 Å². The monoisotopic (exact) mass is 285 g/mol. The summed E-state index contributed by atoms with van der Waals surface area (Å²) in [5, 5.41) is 20.9. The first-order chi connectivity index (χ1) is 10.1. The van der Waals surface area contributed by atoms with Gasteiger partial charge in [0.25, 0.3) is 0 Å². The Morgan fingerprint density at radius 3 is 2.67 bits per heavy atom. The minimum Gasteiger partial charge on any atom is -0.508 e. The molecule has 0 aliphatic carbocycles. The van der Waals surface area contributed by atoms with Crippen molar-refractivity contribution in [2.24, 2.45) is 5.92 Å². The molecule has 0 amide bonds. The van der Waals surface area contributed by atoms with Crippen LogP contribution in [0.1, 0.15) is 18.4 Å². The highest BCUT2D eigenvalue weighted by Crippen LogP contribution is 2.26. The molecule has 1 fully saturated rings. The van der Waals surface area contributed by atoms with E-state index in [-0.39, 0.29) is 11.7 Å². The van der Waals surface area contributed by atoms with Gasteiger partial charge < -0.3 is 10.2 Å². The summed E-state index contributed by atoms with van der Waals surface area (Å²) >= 11 is 0. The topological polar surface area (TPSA) is 60.8 Å². The van der Waals surface area contributed by atoms with Gasteiger partial charge in [-0.05, 0) is 54.4 Å². The summed E-state index contributed by atoms with van der Waals surface area (Å²) in [6, 6.07) is 11.6. The predicted molar refractivity (Wildman–Crippen MR) is 81.2 cm³/mol. The van der Waals surface area contributed by atoms with Gasteiger partial charge in [-0.1, -0.05) is 24.3 Å². The molecule has 2 N–H and O–H groups in total. The molecule has 21 heavy (non-hydrogen) atoms. The molecule has 0 aromatic heterocycles. The summed E-state index contributed by atoms with van der Waals surface area (Å²) in [5.41, 5.74) is 1.18. The van der Waals surface area contributed by atoms with Gasteiger partial charge in [0.2, 0.25) is 0 Å². The van der Waals surface area contributed by atoms with Gasteiger partial charge in [-0.25, -0.2) is 0 Å². The maximum absolute atomic E-state index is 11.0. The molecular formula is C17H19NO3. The van der Waals surface area contributed by atoms with Gasteiger partial charge in [0.15, 0.2) is 0 Å². The maximum Gasteiger partial charge on any atom is 0.306 e. The highest BCUT2D eigenvalue weighted by Gasteiger charge is 2.24. The second-order valence-corrected chi connectivity index (χ2v) is 5.71. The van der Waals surface area contributed by atoms with Crippen LogP contribution in [-0.2, 0) is 11.3 Å². The number of carboxylic acids is 1. The average Bonchev–Trinajstić information content (AvgIpc) is 2.48. The van der Waals surface area contributed by atoms with Crippen molar-refractivity contribution in [3.05, 3.63) is 42.0 Å². The van der Waals surface area contributed by atoms with Crippen molar-refractivity contribution in [1.29, 1.82) is 0 Å². The number of aromatic hydroxyl groups is 1. The Morgan fingerprint density at radius 2 is 1.95 bits per heavy atom. The van der Waals surface area contributed by atoms with Gasteiger partial charge in [0, 0.05) is 6.54 Å². The first kappa shape index (κ1) is 13.9. The Bertz CT molecular complexity index is 660. The zero-order chi connectivity index (χ0) is 14.8. The molecule has 1 saturated heterocycles. The van der Waals surface area contributed by atoms with E-state index in [1.165, 1.54) is 5.56 Å². The van der Waals surface area contributed by atoms with Crippen molar-refractivity contribution in [1.82, 2.24) is 4.90 Å². The highest BCUT2D eigenvalue weighted by molar-refractivity contribution is 5.86. The molecule has 4 heteroatoms. The third-order valence-electron chi connectivity index (χ3n) is 4.29. The predicted octanol–water partition coefficient (Wildman–Crippen LogP) is 2.84. The van der Waals surface area contributed by atoms with Gasteiger partial charge in [-0.2, -0.15) is 0 Å². The van der Waals surface area contributed by atoms with Gasteiger partial charge in [-0.3, -0.25) is 9.69 Å². The van der Waals surface area contributed by atoms with Crippen LogP contribution in [0.15, 0.2) is 36.4 Å². The van der Waals surface area contributed by atoms with Crippen LogP contribution in [0, 0.1) is 5.92 Å². The third-order valence-corrected chi connectivity index (χ3v) is 4.29. The molecule has 3 rings (SSSR count). The molecule has 0 bridgehead atoms. The lowest BCUT2D eigenvalue weighted by molar-refractivity contribution is -0.143. The number of phenolic OH excluding ortho intramolecular Hbond substituents is 1. The standard InChI is InChI=1S/C17H19NO3/c19-15-5-4-12-2-1-3-14(16(12)10-15)11-18-8-6-13(7-9-18)17(20)21/h1-5,10,13,19H,6-9,11H2,(H,20,21). The van der Waals surface area contributed by atoms with E-state index in [0.717, 1.165) is 30.4 Å². The van der Waals surface area contributed by atoms with Crippen LogP contribution in [0.3, 0.4) is 0 Å². The molecular weight excluding hydrogens is 266 g/mol. The number of hydrogen-bond donors (Lipinski definition) is 2. The van der Waals surface area contributed by atoms with Crippen molar-refractivity contribution in [3.63, 3.8) is 0 Å². The molecule has 1 aliphatic rings. The smallest absolute Gasteiger partial charge is 0.306 e. The lowest BCUT2D eigenvalue weighted by Gasteiger charge is -2.30. The second kappa shape index (κ2) is 5.74. The molecule has 0 unspecified atom stereocenters. The molecule has 1 heterocycles. The van der Waals surface area contributed by atoms with Crippen molar-refractivity contribution in [2.45, 2.75) is 19.4 Å². The quantitative estimate of drug-likeness (QED) is 0.910. The number of carboxylic acid groups (broad SMARTS) is 1. The zero-order valence-corrected chi connectivity index (χ0v) is 11.8. The number of nitrogens with zero attached hydrogens (tertiary/aromatic N) is 1. The third kappa shape index (κ3) is 3.00. The molecule has 0 atom stereocenters. The van der Waals surface area contributed by atoms with Crippen LogP contribution in [0.4, 0.5) is 0 Å². The van der Waals surface area contributed by atoms with Gasteiger partial charge in [0.1, 0.15) is 5.75 Å². The van der Waals surface area contributed by atoms with Crippen LogP contribution >= 0.6 is 0 Å². The number of carbonyl (C=O) groups is 1. The maximum atomic E-state index is 11.0. The second-order valence-electron chi connectivity index (χ2n) is 5.71. The van der Waals surface area contributed by atoms with E-state index < -0.39 is 5.97 Å². The van der Waals surface area contributed by atoms with Crippen LogP contribution in [-0.4, -0.2) is 34.2 Å². The first-order valence-electron chi connectivity index (χ1n) is 7.29. The van der Waals surface area contributed by atoms with Crippen LogP contribution in [0.5, 0.6) is 5.75 Å². The van der Waals surface area contributed by atoms with E-state index >= 15 is 0 Å². The SMILES string of the molecule is O=C(O)C1CCN(Cc2cccc3ccc(O)cc23)CC1. The van der Waals surface area contributed by atoms with Gasteiger partial charge in [-0.15, -0.1) is 0 Å². The van der Waals surface area contributed by atoms with E-state index in [1.807, 2.05) is 18.2 Å². The molecule has 0 spiro atoms. The summed E-state index contributed by atoms with van der Waals surface area (Å²) in [6.45, 7) is 2.42. The van der Waals surface area contributed by atoms with Crippen LogP contribution < -0.4 is 0 Å². The Hall–Kier alpha value is -2.07.